The zero-order valence-electron chi connectivity index (χ0n) is 12.1. The smallest absolute Gasteiger partial charge is 0.145 e. The second kappa shape index (κ2) is 6.87. The number of rotatable bonds is 5. The molecule has 0 aliphatic heterocycles. The fraction of sp³-hybridized carbons (Fsp3) is 0.235. The molecule has 0 saturated carbocycles. The van der Waals surface area contributed by atoms with Gasteiger partial charge in [-0.3, -0.25) is 0 Å². The van der Waals surface area contributed by atoms with Gasteiger partial charge in [0.15, 0.2) is 0 Å². The van der Waals surface area contributed by atoms with E-state index in [0.29, 0.717) is 12.1 Å². The van der Waals surface area contributed by atoms with Gasteiger partial charge in [-0.1, -0.05) is 24.3 Å². The largest absolute Gasteiger partial charge is 0.497 e. The molecule has 1 unspecified atom stereocenters. The highest BCUT2D eigenvalue weighted by molar-refractivity contribution is 5.35. The summed E-state index contributed by atoms with van der Waals surface area (Å²) in [5.41, 5.74) is 1.66. The van der Waals surface area contributed by atoms with Crippen LogP contribution in [0.2, 0.25) is 0 Å². The summed E-state index contributed by atoms with van der Waals surface area (Å²) in [6.07, 6.45) is 0. The number of hydrogen-bond donors (Lipinski definition) is 1. The normalized spacial score (nSPS) is 11.7. The number of methoxy groups -OCH3 is 1. The number of hydrogen-bond acceptors (Lipinski definition) is 3. The zero-order valence-corrected chi connectivity index (χ0v) is 12.1. The molecule has 2 aromatic rings. The Kier molecular flexibility index (Phi) is 4.91. The summed E-state index contributed by atoms with van der Waals surface area (Å²) >= 11 is 0. The molecule has 0 aliphatic rings. The third-order valence-electron chi connectivity index (χ3n) is 3.41. The lowest BCUT2D eigenvalue weighted by Gasteiger charge is -2.15. The summed E-state index contributed by atoms with van der Waals surface area (Å²) in [6, 6.07) is 14.5. The average molecular weight is 284 g/mol. The van der Waals surface area contributed by atoms with Crippen LogP contribution < -0.4 is 10.1 Å². The van der Waals surface area contributed by atoms with Crippen LogP contribution in [0, 0.1) is 17.1 Å². The van der Waals surface area contributed by atoms with Crippen molar-refractivity contribution in [3.8, 4) is 11.8 Å². The Morgan fingerprint density at radius 3 is 2.57 bits per heavy atom. The molecule has 0 heterocycles. The Hall–Kier alpha value is -2.38. The maximum Gasteiger partial charge on any atom is 0.145 e. The summed E-state index contributed by atoms with van der Waals surface area (Å²) in [7, 11) is 1.63. The van der Waals surface area contributed by atoms with Crippen molar-refractivity contribution in [2.75, 3.05) is 7.11 Å². The second-order valence-corrected chi connectivity index (χ2v) is 4.77. The second-order valence-electron chi connectivity index (χ2n) is 4.77. The molecule has 108 valence electrons. The van der Waals surface area contributed by atoms with E-state index in [1.54, 1.807) is 19.2 Å². The minimum Gasteiger partial charge on any atom is -0.497 e. The van der Waals surface area contributed by atoms with E-state index in [9.17, 15) is 4.39 Å². The molecular formula is C17H17FN2O. The average Bonchev–Trinajstić information content (AvgIpc) is 2.53. The first-order valence-electron chi connectivity index (χ1n) is 6.70. The van der Waals surface area contributed by atoms with Gasteiger partial charge in [-0.25, -0.2) is 4.39 Å². The number of ether oxygens (including phenoxy) is 1. The van der Waals surface area contributed by atoms with Crippen LogP contribution >= 0.6 is 0 Å². The van der Waals surface area contributed by atoms with Crippen LogP contribution in [0.1, 0.15) is 29.7 Å². The van der Waals surface area contributed by atoms with Gasteiger partial charge in [0, 0.05) is 18.2 Å². The zero-order chi connectivity index (χ0) is 15.2. The minimum absolute atomic E-state index is 0.0704. The highest BCUT2D eigenvalue weighted by Gasteiger charge is 2.10. The number of nitrogens with one attached hydrogen (secondary N) is 1. The molecule has 1 N–H and O–H groups in total. The molecule has 2 aromatic carbocycles. The van der Waals surface area contributed by atoms with Crippen molar-refractivity contribution in [3.63, 3.8) is 0 Å². The van der Waals surface area contributed by atoms with Crippen molar-refractivity contribution in [1.29, 1.82) is 5.26 Å². The third kappa shape index (κ3) is 3.59. The maximum absolute atomic E-state index is 13.9. The van der Waals surface area contributed by atoms with Crippen LogP contribution in [0.25, 0.3) is 0 Å². The summed E-state index contributed by atoms with van der Waals surface area (Å²) in [4.78, 5) is 0. The standard InChI is InChI=1S/C17H17FN2O/c1-12(13-6-8-16(21-2)9-7-13)20-11-15-5-3-4-14(10-19)17(15)18/h3-9,12,20H,11H2,1-2H3. The van der Waals surface area contributed by atoms with E-state index in [1.807, 2.05) is 37.3 Å². The van der Waals surface area contributed by atoms with Crippen molar-refractivity contribution in [1.82, 2.24) is 5.32 Å². The number of nitrogens with zero attached hydrogens (tertiary/aromatic N) is 1. The van der Waals surface area contributed by atoms with Crippen molar-refractivity contribution in [2.24, 2.45) is 0 Å². The van der Waals surface area contributed by atoms with Gasteiger partial charge in [0.25, 0.3) is 0 Å². The topological polar surface area (TPSA) is 45.0 Å². The quantitative estimate of drug-likeness (QED) is 0.913. The van der Waals surface area contributed by atoms with Crippen LogP contribution in [-0.2, 0) is 6.54 Å². The number of benzene rings is 2. The number of halogens is 1. The van der Waals surface area contributed by atoms with Gasteiger partial charge in [-0.15, -0.1) is 0 Å². The van der Waals surface area contributed by atoms with Crippen LogP contribution in [0.5, 0.6) is 5.75 Å². The molecule has 0 aliphatic carbocycles. The third-order valence-corrected chi connectivity index (χ3v) is 3.41. The minimum atomic E-state index is -0.450. The predicted octanol–water partition coefficient (Wildman–Crippen LogP) is 3.56. The van der Waals surface area contributed by atoms with Gasteiger partial charge in [0.2, 0.25) is 0 Å². The molecule has 4 heteroatoms. The first-order chi connectivity index (χ1) is 10.2. The summed E-state index contributed by atoms with van der Waals surface area (Å²) in [5.74, 6) is 0.355. The molecule has 2 rings (SSSR count). The van der Waals surface area contributed by atoms with Crippen molar-refractivity contribution >= 4 is 0 Å². The van der Waals surface area contributed by atoms with E-state index < -0.39 is 5.82 Å². The van der Waals surface area contributed by atoms with Crippen LogP contribution in [0.3, 0.4) is 0 Å². The van der Waals surface area contributed by atoms with Gasteiger partial charge >= 0.3 is 0 Å². The van der Waals surface area contributed by atoms with E-state index in [0.717, 1.165) is 11.3 Å². The maximum atomic E-state index is 13.9. The SMILES string of the molecule is COc1ccc(C(C)NCc2cccc(C#N)c2F)cc1. The fourth-order valence-corrected chi connectivity index (χ4v) is 2.08. The van der Waals surface area contributed by atoms with Gasteiger partial charge in [-0.2, -0.15) is 5.26 Å². The first kappa shape index (κ1) is 15.0. The molecule has 0 radical (unpaired) electrons. The van der Waals surface area contributed by atoms with Crippen molar-refractivity contribution in [3.05, 3.63) is 65.0 Å². The lowest BCUT2D eigenvalue weighted by molar-refractivity contribution is 0.414. The Morgan fingerprint density at radius 1 is 1.24 bits per heavy atom. The Bertz CT molecular complexity index is 647. The Morgan fingerprint density at radius 2 is 1.95 bits per heavy atom. The molecule has 0 aromatic heterocycles. The van der Waals surface area contributed by atoms with E-state index in [1.165, 1.54) is 6.07 Å². The highest BCUT2D eigenvalue weighted by atomic mass is 19.1. The molecule has 21 heavy (non-hydrogen) atoms. The lowest BCUT2D eigenvalue weighted by atomic mass is 10.1. The fourth-order valence-electron chi connectivity index (χ4n) is 2.08. The van der Waals surface area contributed by atoms with Crippen LogP contribution in [-0.4, -0.2) is 7.11 Å². The van der Waals surface area contributed by atoms with Gasteiger partial charge in [-0.05, 0) is 30.7 Å². The predicted molar refractivity (Wildman–Crippen MR) is 79.4 cm³/mol. The molecule has 0 amide bonds. The molecule has 3 nitrogen and oxygen atoms in total. The number of nitriles is 1. The summed E-state index contributed by atoms with van der Waals surface area (Å²) < 4.78 is 19.1. The van der Waals surface area contributed by atoms with E-state index in [-0.39, 0.29) is 11.6 Å². The molecule has 0 spiro atoms. The Labute approximate surface area is 124 Å². The lowest BCUT2D eigenvalue weighted by Crippen LogP contribution is -2.19. The Balaban J connectivity index is 2.04. The van der Waals surface area contributed by atoms with Crippen LogP contribution in [0.4, 0.5) is 4.39 Å². The van der Waals surface area contributed by atoms with Gasteiger partial charge in [0.05, 0.1) is 12.7 Å². The monoisotopic (exact) mass is 284 g/mol. The van der Waals surface area contributed by atoms with Crippen molar-refractivity contribution in [2.45, 2.75) is 19.5 Å². The van der Waals surface area contributed by atoms with E-state index in [2.05, 4.69) is 5.32 Å². The van der Waals surface area contributed by atoms with E-state index >= 15 is 0 Å². The summed E-state index contributed by atoms with van der Waals surface area (Å²) in [5, 5.41) is 12.1. The van der Waals surface area contributed by atoms with E-state index in [4.69, 9.17) is 10.00 Å². The van der Waals surface area contributed by atoms with Crippen molar-refractivity contribution < 1.29 is 9.13 Å². The molecule has 1 atom stereocenters. The van der Waals surface area contributed by atoms with Gasteiger partial charge < -0.3 is 10.1 Å². The first-order valence-corrected chi connectivity index (χ1v) is 6.70. The van der Waals surface area contributed by atoms with Gasteiger partial charge in [0.1, 0.15) is 17.6 Å². The highest BCUT2D eigenvalue weighted by Crippen LogP contribution is 2.18. The van der Waals surface area contributed by atoms with Crippen LogP contribution in [0.15, 0.2) is 42.5 Å². The summed E-state index contributed by atoms with van der Waals surface area (Å²) in [6.45, 7) is 2.38. The molecule has 0 fully saturated rings. The molecule has 0 bridgehead atoms. The molecule has 0 saturated heterocycles. The molecular weight excluding hydrogens is 267 g/mol.